The van der Waals surface area contributed by atoms with E-state index in [0.717, 1.165) is 37.0 Å². The van der Waals surface area contributed by atoms with Gasteiger partial charge in [-0.25, -0.2) is 0 Å². The second-order valence-electron chi connectivity index (χ2n) is 11.3. The Hall–Kier alpha value is -2.37. The molecule has 2 rings (SSSR count). The van der Waals surface area contributed by atoms with Crippen LogP contribution in [0.25, 0.3) is 0 Å². The Kier molecular flexibility index (Phi) is 10.6. The quantitative estimate of drug-likeness (QED) is 0.301. The first kappa shape index (κ1) is 29.9. The van der Waals surface area contributed by atoms with Gasteiger partial charge in [0.25, 0.3) is 0 Å². The van der Waals surface area contributed by atoms with Gasteiger partial charge in [0, 0.05) is 17.9 Å². The molecule has 0 saturated carbocycles. The van der Waals surface area contributed by atoms with E-state index in [1.807, 2.05) is 13.0 Å². The molecule has 0 aromatic heterocycles. The van der Waals surface area contributed by atoms with Crippen LogP contribution in [0.5, 0.6) is 5.75 Å². The lowest BCUT2D eigenvalue weighted by atomic mass is 9.69. The zero-order valence-electron chi connectivity index (χ0n) is 23.4. The molecule has 2 atom stereocenters. The minimum absolute atomic E-state index is 0.0490. The average molecular weight is 498 g/mol. The highest BCUT2D eigenvalue weighted by Crippen LogP contribution is 2.41. The smallest absolute Gasteiger partial charge is 0.303 e. The maximum absolute atomic E-state index is 10.8. The highest BCUT2D eigenvalue weighted by Gasteiger charge is 2.31. The summed E-state index contributed by atoms with van der Waals surface area (Å²) in [6, 6.07) is 12.9. The Morgan fingerprint density at radius 1 is 0.972 bits per heavy atom. The van der Waals surface area contributed by atoms with Crippen LogP contribution < -0.4 is 10.5 Å². The van der Waals surface area contributed by atoms with Crippen molar-refractivity contribution >= 4 is 5.97 Å². The Morgan fingerprint density at radius 3 is 2.06 bits per heavy atom. The van der Waals surface area contributed by atoms with Crippen LogP contribution in [0.1, 0.15) is 94.5 Å². The topological polar surface area (TPSA) is 92.8 Å². The van der Waals surface area contributed by atoms with Gasteiger partial charge in [-0.05, 0) is 85.3 Å². The molecular weight excluding hydrogens is 450 g/mol. The molecule has 200 valence electrons. The highest BCUT2D eigenvalue weighted by molar-refractivity contribution is 5.66. The molecule has 0 bridgehead atoms. The molecule has 0 aliphatic carbocycles. The number of benzene rings is 2. The molecule has 2 aromatic rings. The molecule has 0 radical (unpaired) electrons. The number of carbonyl (C=O) groups is 1. The molecule has 36 heavy (non-hydrogen) atoms. The Morgan fingerprint density at radius 2 is 1.56 bits per heavy atom. The third-order valence-electron chi connectivity index (χ3n) is 7.70. The molecule has 0 spiro atoms. The number of carboxylic acids is 1. The Labute approximate surface area is 218 Å². The third kappa shape index (κ3) is 7.57. The van der Waals surface area contributed by atoms with Crippen LogP contribution in [0, 0.1) is 19.3 Å². The number of hydrogen-bond acceptors (Lipinski definition) is 4. The number of nitrogens with two attached hydrogens (primary N) is 1. The van der Waals surface area contributed by atoms with Gasteiger partial charge < -0.3 is 20.7 Å². The number of carboxylic acid groups (broad SMARTS) is 1. The second kappa shape index (κ2) is 12.7. The molecular formula is C31H47NO4. The number of aliphatic hydroxyl groups is 1. The van der Waals surface area contributed by atoms with Crippen LogP contribution in [0.2, 0.25) is 0 Å². The van der Waals surface area contributed by atoms with E-state index < -0.39 is 5.97 Å². The van der Waals surface area contributed by atoms with E-state index in [0.29, 0.717) is 13.0 Å². The Balaban J connectivity index is 2.23. The van der Waals surface area contributed by atoms with Crippen molar-refractivity contribution in [1.29, 1.82) is 0 Å². The first-order valence-corrected chi connectivity index (χ1v) is 13.3. The normalized spacial score (nSPS) is 13.9. The number of aliphatic hydroxyl groups excluding tert-OH is 1. The molecule has 5 heteroatoms. The maximum atomic E-state index is 10.8. The number of rotatable bonds is 13. The van der Waals surface area contributed by atoms with E-state index in [2.05, 4.69) is 71.9 Å². The summed E-state index contributed by atoms with van der Waals surface area (Å²) in [4.78, 5) is 10.8. The van der Waals surface area contributed by atoms with Gasteiger partial charge in [0.15, 0.2) is 0 Å². The largest absolute Gasteiger partial charge is 0.492 e. The predicted octanol–water partition coefficient (Wildman–Crippen LogP) is 6.32. The summed E-state index contributed by atoms with van der Waals surface area (Å²) in [5, 5.41) is 19.3. The fraction of sp³-hybridized carbons (Fsp3) is 0.581. The summed E-state index contributed by atoms with van der Waals surface area (Å²) in [5.74, 6) is -0.0539. The second-order valence-corrected chi connectivity index (χ2v) is 11.3. The van der Waals surface area contributed by atoms with Gasteiger partial charge in [-0.15, -0.1) is 0 Å². The maximum Gasteiger partial charge on any atom is 0.303 e. The SMILES string of the molecule is CCC(CC)(c1ccc(CCC(O)C(C)(C)C)c(C)c1)c1ccc(OCC(N)CCC(=O)O)c(C)c1. The van der Waals surface area contributed by atoms with Crippen LogP contribution in [0.3, 0.4) is 0 Å². The summed E-state index contributed by atoms with van der Waals surface area (Å²) in [6.45, 7) is 15.2. The van der Waals surface area contributed by atoms with E-state index in [4.69, 9.17) is 15.6 Å². The van der Waals surface area contributed by atoms with E-state index >= 15 is 0 Å². The fourth-order valence-corrected chi connectivity index (χ4v) is 4.93. The summed E-state index contributed by atoms with van der Waals surface area (Å²) in [6.07, 6.45) is 3.71. The van der Waals surface area contributed by atoms with E-state index in [1.54, 1.807) is 0 Å². The Bertz CT molecular complexity index is 1000. The van der Waals surface area contributed by atoms with Gasteiger partial charge in [-0.3, -0.25) is 4.79 Å². The third-order valence-corrected chi connectivity index (χ3v) is 7.70. The average Bonchev–Trinajstić information content (AvgIpc) is 2.82. The molecule has 5 nitrogen and oxygen atoms in total. The zero-order chi connectivity index (χ0) is 27.1. The molecule has 0 amide bonds. The van der Waals surface area contributed by atoms with E-state index in [9.17, 15) is 9.90 Å². The molecule has 0 aliphatic rings. The minimum atomic E-state index is -0.841. The van der Waals surface area contributed by atoms with E-state index in [-0.39, 0.29) is 29.4 Å². The standard InChI is InChI=1S/C31H47NO4/c1-8-31(9-2,24-12-10-23(21(3)18-24)11-16-28(33)30(5,6)7)25-13-15-27(22(4)19-25)36-20-26(32)14-17-29(34)35/h10,12-13,15,18-19,26,28,33H,8-9,11,14,16-17,20,32H2,1-7H3,(H,34,35). The molecule has 0 saturated heterocycles. The molecule has 0 aliphatic heterocycles. The first-order chi connectivity index (χ1) is 16.8. The van der Waals surface area contributed by atoms with Gasteiger partial charge in [0.05, 0.1) is 6.10 Å². The predicted molar refractivity (Wildman–Crippen MR) is 148 cm³/mol. The fourth-order valence-electron chi connectivity index (χ4n) is 4.93. The number of aryl methyl sites for hydroxylation is 3. The van der Waals surface area contributed by atoms with Crippen molar-refractivity contribution < 1.29 is 19.7 Å². The first-order valence-electron chi connectivity index (χ1n) is 13.3. The van der Waals surface area contributed by atoms with Gasteiger partial charge in [-0.2, -0.15) is 0 Å². The van der Waals surface area contributed by atoms with Crippen molar-refractivity contribution in [2.24, 2.45) is 11.1 Å². The molecule has 2 unspecified atom stereocenters. The molecule has 2 aromatic carbocycles. The van der Waals surface area contributed by atoms with Crippen LogP contribution in [0.15, 0.2) is 36.4 Å². The lowest BCUT2D eigenvalue weighted by Gasteiger charge is -2.34. The number of ether oxygens (including phenoxy) is 1. The van der Waals surface area contributed by atoms with Crippen molar-refractivity contribution in [2.45, 2.75) is 105 Å². The van der Waals surface area contributed by atoms with Crippen LogP contribution in [-0.4, -0.2) is 34.9 Å². The van der Waals surface area contributed by atoms with Gasteiger partial charge >= 0.3 is 5.97 Å². The number of hydrogen-bond donors (Lipinski definition) is 3. The molecule has 0 heterocycles. The zero-order valence-corrected chi connectivity index (χ0v) is 23.4. The summed E-state index contributed by atoms with van der Waals surface area (Å²) >= 11 is 0. The van der Waals surface area contributed by atoms with Gasteiger partial charge in [-0.1, -0.05) is 65.0 Å². The summed E-state index contributed by atoms with van der Waals surface area (Å²) < 4.78 is 5.94. The summed E-state index contributed by atoms with van der Waals surface area (Å²) in [7, 11) is 0. The van der Waals surface area contributed by atoms with Gasteiger partial charge in [0.2, 0.25) is 0 Å². The van der Waals surface area contributed by atoms with Crippen molar-refractivity contribution in [2.75, 3.05) is 6.61 Å². The van der Waals surface area contributed by atoms with Crippen LogP contribution >= 0.6 is 0 Å². The van der Waals surface area contributed by atoms with E-state index in [1.165, 1.54) is 22.3 Å². The van der Waals surface area contributed by atoms with Crippen molar-refractivity contribution in [1.82, 2.24) is 0 Å². The lowest BCUT2D eigenvalue weighted by molar-refractivity contribution is -0.137. The van der Waals surface area contributed by atoms with Crippen molar-refractivity contribution in [3.63, 3.8) is 0 Å². The lowest BCUT2D eigenvalue weighted by Crippen LogP contribution is -2.29. The molecule has 4 N–H and O–H groups in total. The minimum Gasteiger partial charge on any atom is -0.492 e. The van der Waals surface area contributed by atoms with Crippen molar-refractivity contribution in [3.8, 4) is 5.75 Å². The van der Waals surface area contributed by atoms with Crippen LogP contribution in [-0.2, 0) is 16.6 Å². The molecule has 0 fully saturated rings. The van der Waals surface area contributed by atoms with Gasteiger partial charge in [0.1, 0.15) is 12.4 Å². The highest BCUT2D eigenvalue weighted by atomic mass is 16.5. The number of aliphatic carboxylic acids is 1. The van der Waals surface area contributed by atoms with Crippen molar-refractivity contribution in [3.05, 3.63) is 64.2 Å². The summed E-state index contributed by atoms with van der Waals surface area (Å²) in [5.41, 5.74) is 12.0. The monoisotopic (exact) mass is 497 g/mol. The van der Waals surface area contributed by atoms with Crippen LogP contribution in [0.4, 0.5) is 0 Å².